The molecule has 1 aromatic rings. The van der Waals surface area contributed by atoms with Gasteiger partial charge < -0.3 is 0 Å². The third-order valence-electron chi connectivity index (χ3n) is 1.79. The first-order chi connectivity index (χ1) is 6.88. The van der Waals surface area contributed by atoms with Gasteiger partial charge in [-0.1, -0.05) is 25.5 Å². The van der Waals surface area contributed by atoms with Gasteiger partial charge in [0.05, 0.1) is 5.69 Å². The van der Waals surface area contributed by atoms with Crippen LogP contribution < -0.4 is 0 Å². The molecule has 1 rings (SSSR count). The lowest BCUT2D eigenvalue weighted by atomic mass is 10.3. The van der Waals surface area contributed by atoms with Crippen LogP contribution in [-0.4, -0.2) is 11.8 Å². The van der Waals surface area contributed by atoms with Crippen molar-refractivity contribution in [2.45, 2.75) is 24.7 Å². The standard InChI is InChI=1S/C11H13NOS/c1-2-3-8-14-11-7-5-4-6-10(11)12-9-13/h4-7H,2-3,8H2,1H3. The van der Waals surface area contributed by atoms with Gasteiger partial charge in [0.15, 0.2) is 0 Å². The molecule has 0 heterocycles. The molecule has 0 unspecified atom stereocenters. The topological polar surface area (TPSA) is 29.4 Å². The number of hydrogen-bond donors (Lipinski definition) is 0. The molecule has 2 nitrogen and oxygen atoms in total. The highest BCUT2D eigenvalue weighted by atomic mass is 32.2. The first-order valence-electron chi connectivity index (χ1n) is 4.68. The smallest absolute Gasteiger partial charge is 0.211 e. The first kappa shape index (κ1) is 11.0. The van der Waals surface area contributed by atoms with E-state index in [-0.39, 0.29) is 0 Å². The summed E-state index contributed by atoms with van der Waals surface area (Å²) in [5, 5.41) is 0. The number of carbonyl (C=O) groups excluding carboxylic acids is 1. The van der Waals surface area contributed by atoms with Crippen LogP contribution in [0, 0.1) is 0 Å². The minimum absolute atomic E-state index is 0.726. The Morgan fingerprint density at radius 2 is 2.21 bits per heavy atom. The van der Waals surface area contributed by atoms with E-state index in [1.165, 1.54) is 12.8 Å². The van der Waals surface area contributed by atoms with E-state index in [2.05, 4.69) is 11.9 Å². The Balaban J connectivity index is 2.69. The molecule has 0 atom stereocenters. The maximum absolute atomic E-state index is 10.2. The van der Waals surface area contributed by atoms with Crippen molar-refractivity contribution < 1.29 is 4.79 Å². The average molecular weight is 207 g/mol. The summed E-state index contributed by atoms with van der Waals surface area (Å²) in [6, 6.07) is 7.65. The number of isocyanates is 1. The summed E-state index contributed by atoms with van der Waals surface area (Å²) in [5.41, 5.74) is 0.726. The molecular weight excluding hydrogens is 194 g/mol. The number of para-hydroxylation sites is 1. The fourth-order valence-corrected chi connectivity index (χ4v) is 2.14. The van der Waals surface area contributed by atoms with Gasteiger partial charge in [-0.3, -0.25) is 0 Å². The highest BCUT2D eigenvalue weighted by molar-refractivity contribution is 7.99. The van der Waals surface area contributed by atoms with Gasteiger partial charge in [0.1, 0.15) is 0 Å². The van der Waals surface area contributed by atoms with Crippen LogP contribution in [0.2, 0.25) is 0 Å². The summed E-state index contributed by atoms with van der Waals surface area (Å²) in [6.45, 7) is 2.16. The van der Waals surface area contributed by atoms with Gasteiger partial charge in [0.2, 0.25) is 6.08 Å². The van der Waals surface area contributed by atoms with Crippen molar-refractivity contribution in [2.24, 2.45) is 4.99 Å². The lowest BCUT2D eigenvalue weighted by Crippen LogP contribution is -1.79. The Morgan fingerprint density at radius 3 is 2.93 bits per heavy atom. The summed E-state index contributed by atoms with van der Waals surface area (Å²) in [4.78, 5) is 14.9. The lowest BCUT2D eigenvalue weighted by Gasteiger charge is -2.02. The second kappa shape index (κ2) is 6.41. The lowest BCUT2D eigenvalue weighted by molar-refractivity contribution is 0.565. The van der Waals surface area contributed by atoms with Gasteiger partial charge in [-0.05, 0) is 24.3 Å². The highest BCUT2D eigenvalue weighted by Crippen LogP contribution is 2.29. The maximum Gasteiger partial charge on any atom is 0.240 e. The fourth-order valence-electron chi connectivity index (χ4n) is 1.05. The van der Waals surface area contributed by atoms with Crippen LogP contribution in [0.4, 0.5) is 5.69 Å². The van der Waals surface area contributed by atoms with Gasteiger partial charge >= 0.3 is 0 Å². The van der Waals surface area contributed by atoms with Gasteiger partial charge in [0, 0.05) is 4.90 Å². The molecule has 74 valence electrons. The number of nitrogens with zero attached hydrogens (tertiary/aromatic N) is 1. The molecule has 0 aromatic heterocycles. The minimum Gasteiger partial charge on any atom is -0.211 e. The second-order valence-electron chi connectivity index (χ2n) is 2.87. The zero-order chi connectivity index (χ0) is 10.2. The van der Waals surface area contributed by atoms with Crippen LogP contribution in [-0.2, 0) is 4.79 Å². The summed E-state index contributed by atoms with van der Waals surface area (Å²) in [5.74, 6) is 1.07. The Labute approximate surface area is 88.4 Å². The van der Waals surface area contributed by atoms with Crippen molar-refractivity contribution in [1.29, 1.82) is 0 Å². The van der Waals surface area contributed by atoms with Crippen LogP contribution in [0.25, 0.3) is 0 Å². The molecule has 0 saturated carbocycles. The van der Waals surface area contributed by atoms with E-state index < -0.39 is 0 Å². The van der Waals surface area contributed by atoms with Crippen molar-refractivity contribution in [3.8, 4) is 0 Å². The van der Waals surface area contributed by atoms with Gasteiger partial charge in [-0.25, -0.2) is 4.79 Å². The van der Waals surface area contributed by atoms with Gasteiger partial charge in [-0.15, -0.1) is 11.8 Å². The number of unbranched alkanes of at least 4 members (excludes halogenated alkanes) is 1. The average Bonchev–Trinajstić information content (AvgIpc) is 2.21. The van der Waals surface area contributed by atoms with E-state index >= 15 is 0 Å². The minimum atomic E-state index is 0.726. The molecule has 0 spiro atoms. The molecule has 0 bridgehead atoms. The molecular formula is C11H13NOS. The third kappa shape index (κ3) is 3.36. The van der Waals surface area contributed by atoms with E-state index in [4.69, 9.17) is 0 Å². The normalized spacial score (nSPS) is 9.50. The van der Waals surface area contributed by atoms with E-state index in [1.807, 2.05) is 24.3 Å². The van der Waals surface area contributed by atoms with Crippen LogP contribution in [0.15, 0.2) is 34.2 Å². The largest absolute Gasteiger partial charge is 0.240 e. The maximum atomic E-state index is 10.2. The highest BCUT2D eigenvalue weighted by Gasteiger charge is 1.99. The van der Waals surface area contributed by atoms with E-state index in [0.717, 1.165) is 16.3 Å². The summed E-state index contributed by atoms with van der Waals surface area (Å²) < 4.78 is 0. The molecule has 0 amide bonds. The van der Waals surface area contributed by atoms with Gasteiger partial charge in [0.25, 0.3) is 0 Å². The Hall–Kier alpha value is -1.05. The second-order valence-corrected chi connectivity index (χ2v) is 4.01. The zero-order valence-electron chi connectivity index (χ0n) is 8.19. The Morgan fingerprint density at radius 1 is 1.43 bits per heavy atom. The van der Waals surface area contributed by atoms with Crippen molar-refractivity contribution in [1.82, 2.24) is 0 Å². The number of aliphatic imine (C=N–C) groups is 1. The predicted molar refractivity (Wildman–Crippen MR) is 59.9 cm³/mol. The van der Waals surface area contributed by atoms with E-state index in [1.54, 1.807) is 17.8 Å². The van der Waals surface area contributed by atoms with Gasteiger partial charge in [-0.2, -0.15) is 4.99 Å². The predicted octanol–water partition coefficient (Wildman–Crippen LogP) is 3.55. The molecule has 3 heteroatoms. The Bertz CT molecular complexity index is 332. The van der Waals surface area contributed by atoms with Crippen molar-refractivity contribution >= 4 is 23.5 Å². The van der Waals surface area contributed by atoms with Crippen LogP contribution in [0.1, 0.15) is 19.8 Å². The molecule has 0 aliphatic heterocycles. The zero-order valence-corrected chi connectivity index (χ0v) is 9.01. The summed E-state index contributed by atoms with van der Waals surface area (Å²) >= 11 is 1.74. The molecule has 0 N–H and O–H groups in total. The molecule has 0 aliphatic carbocycles. The van der Waals surface area contributed by atoms with Crippen LogP contribution in [0.5, 0.6) is 0 Å². The molecule has 0 aliphatic rings. The number of hydrogen-bond acceptors (Lipinski definition) is 3. The van der Waals surface area contributed by atoms with E-state index in [0.29, 0.717) is 0 Å². The molecule has 0 radical (unpaired) electrons. The molecule has 1 aromatic carbocycles. The molecule has 0 fully saturated rings. The van der Waals surface area contributed by atoms with Crippen molar-refractivity contribution in [3.63, 3.8) is 0 Å². The quantitative estimate of drug-likeness (QED) is 0.320. The van der Waals surface area contributed by atoms with Crippen molar-refractivity contribution in [2.75, 3.05) is 5.75 Å². The number of benzene rings is 1. The number of thioether (sulfide) groups is 1. The Kier molecular flexibility index (Phi) is 5.05. The summed E-state index contributed by atoms with van der Waals surface area (Å²) in [6.07, 6.45) is 3.95. The third-order valence-corrected chi connectivity index (χ3v) is 2.94. The van der Waals surface area contributed by atoms with Crippen molar-refractivity contribution in [3.05, 3.63) is 24.3 Å². The number of rotatable bonds is 5. The first-order valence-corrected chi connectivity index (χ1v) is 5.66. The summed E-state index contributed by atoms with van der Waals surface area (Å²) in [7, 11) is 0. The molecule has 0 saturated heterocycles. The fraction of sp³-hybridized carbons (Fsp3) is 0.364. The molecule has 14 heavy (non-hydrogen) atoms. The SMILES string of the molecule is CCCCSc1ccccc1N=C=O. The van der Waals surface area contributed by atoms with E-state index in [9.17, 15) is 4.79 Å². The van der Waals surface area contributed by atoms with Crippen LogP contribution >= 0.6 is 11.8 Å². The van der Waals surface area contributed by atoms with Crippen LogP contribution in [0.3, 0.4) is 0 Å². The monoisotopic (exact) mass is 207 g/mol.